The molecule has 1 aliphatic rings. The second-order valence-corrected chi connectivity index (χ2v) is 4.28. The summed E-state index contributed by atoms with van der Waals surface area (Å²) in [5.74, 6) is 1.55. The van der Waals surface area contributed by atoms with Gasteiger partial charge in [-0.2, -0.15) is 10.1 Å². The van der Waals surface area contributed by atoms with E-state index in [0.29, 0.717) is 6.54 Å². The van der Waals surface area contributed by atoms with Crippen molar-refractivity contribution in [3.8, 4) is 0 Å². The Hall–Kier alpha value is -1.89. The maximum atomic E-state index is 5.86. The van der Waals surface area contributed by atoms with Crippen LogP contribution in [0.4, 0.5) is 5.95 Å². The predicted octanol–water partition coefficient (Wildman–Crippen LogP) is -0.413. The summed E-state index contributed by atoms with van der Waals surface area (Å²) >= 11 is 0. The molecule has 7 nitrogen and oxygen atoms in total. The molecule has 7 heteroatoms. The van der Waals surface area contributed by atoms with Gasteiger partial charge in [0.25, 0.3) is 0 Å². The van der Waals surface area contributed by atoms with Crippen LogP contribution in [0, 0.1) is 0 Å². The van der Waals surface area contributed by atoms with Crippen molar-refractivity contribution in [3.05, 3.63) is 24.3 Å². The number of nitrogens with one attached hydrogen (secondary N) is 1. The first-order valence-corrected chi connectivity index (χ1v) is 5.70. The second kappa shape index (κ2) is 4.17. The molecule has 0 aliphatic carbocycles. The van der Waals surface area contributed by atoms with Crippen LogP contribution >= 0.6 is 0 Å². The van der Waals surface area contributed by atoms with Gasteiger partial charge in [-0.3, -0.25) is 9.78 Å². The number of nitrogens with zero attached hydrogens (tertiary/aromatic N) is 5. The van der Waals surface area contributed by atoms with E-state index in [0.717, 1.165) is 31.3 Å². The zero-order chi connectivity index (χ0) is 11.7. The number of anilines is 1. The molecule has 17 heavy (non-hydrogen) atoms. The van der Waals surface area contributed by atoms with Crippen molar-refractivity contribution >= 4 is 5.95 Å². The van der Waals surface area contributed by atoms with E-state index in [-0.39, 0.29) is 6.04 Å². The highest BCUT2D eigenvalue weighted by atomic mass is 15.4. The molecule has 0 bridgehead atoms. The van der Waals surface area contributed by atoms with Gasteiger partial charge in [-0.1, -0.05) is 0 Å². The van der Waals surface area contributed by atoms with Crippen molar-refractivity contribution in [1.82, 2.24) is 25.0 Å². The fourth-order valence-electron chi connectivity index (χ4n) is 2.01. The van der Waals surface area contributed by atoms with Crippen LogP contribution in [-0.4, -0.2) is 44.1 Å². The predicted molar refractivity (Wildman–Crippen MR) is 62.5 cm³/mol. The molecule has 0 saturated carbocycles. The SMILES string of the molecule is NC1CCN(c2n[nH]c(Cn3cccn3)n2)C1. The van der Waals surface area contributed by atoms with Crippen molar-refractivity contribution in [2.75, 3.05) is 18.0 Å². The number of hydrogen-bond acceptors (Lipinski definition) is 5. The maximum Gasteiger partial charge on any atom is 0.244 e. The van der Waals surface area contributed by atoms with E-state index in [2.05, 4.69) is 25.2 Å². The molecule has 0 aromatic carbocycles. The first kappa shape index (κ1) is 10.3. The smallest absolute Gasteiger partial charge is 0.244 e. The number of H-pyrrole nitrogens is 1. The third kappa shape index (κ3) is 2.14. The summed E-state index contributed by atoms with van der Waals surface area (Å²) in [6, 6.07) is 2.12. The summed E-state index contributed by atoms with van der Waals surface area (Å²) in [6.07, 6.45) is 4.65. The van der Waals surface area contributed by atoms with Gasteiger partial charge in [0.1, 0.15) is 12.4 Å². The van der Waals surface area contributed by atoms with Gasteiger partial charge in [0.15, 0.2) is 0 Å². The number of aromatic nitrogens is 5. The van der Waals surface area contributed by atoms with Gasteiger partial charge in [-0.05, 0) is 12.5 Å². The first-order chi connectivity index (χ1) is 8.31. The van der Waals surface area contributed by atoms with Crippen LogP contribution in [0.5, 0.6) is 0 Å². The lowest BCUT2D eigenvalue weighted by Crippen LogP contribution is -2.27. The highest BCUT2D eigenvalue weighted by Crippen LogP contribution is 2.14. The molecule has 1 unspecified atom stereocenters. The molecule has 2 aromatic rings. The molecule has 0 radical (unpaired) electrons. The molecule has 90 valence electrons. The van der Waals surface area contributed by atoms with E-state index >= 15 is 0 Å². The third-order valence-electron chi connectivity index (χ3n) is 2.90. The zero-order valence-electron chi connectivity index (χ0n) is 9.45. The summed E-state index contributed by atoms with van der Waals surface area (Å²) in [7, 11) is 0. The average Bonchev–Trinajstić information content (AvgIpc) is 2.99. The number of rotatable bonds is 3. The first-order valence-electron chi connectivity index (χ1n) is 5.70. The maximum absolute atomic E-state index is 5.86. The molecular weight excluding hydrogens is 218 g/mol. The van der Waals surface area contributed by atoms with Crippen LogP contribution < -0.4 is 10.6 Å². The highest BCUT2D eigenvalue weighted by molar-refractivity contribution is 5.31. The Morgan fingerprint density at radius 1 is 1.53 bits per heavy atom. The molecule has 3 rings (SSSR count). The Kier molecular flexibility index (Phi) is 2.52. The summed E-state index contributed by atoms with van der Waals surface area (Å²) in [5, 5.41) is 11.3. The molecule has 1 fully saturated rings. The Morgan fingerprint density at radius 3 is 3.18 bits per heavy atom. The van der Waals surface area contributed by atoms with Crippen molar-refractivity contribution in [1.29, 1.82) is 0 Å². The van der Waals surface area contributed by atoms with Crippen LogP contribution in [0.25, 0.3) is 0 Å². The monoisotopic (exact) mass is 233 g/mol. The molecular formula is C10H15N7. The minimum atomic E-state index is 0.239. The van der Waals surface area contributed by atoms with E-state index in [1.54, 1.807) is 10.9 Å². The largest absolute Gasteiger partial charge is 0.338 e. The van der Waals surface area contributed by atoms with Crippen molar-refractivity contribution < 1.29 is 0 Å². The molecule has 3 N–H and O–H groups in total. The molecule has 3 heterocycles. The number of hydrogen-bond donors (Lipinski definition) is 2. The van der Waals surface area contributed by atoms with Gasteiger partial charge in [0.2, 0.25) is 5.95 Å². The zero-order valence-corrected chi connectivity index (χ0v) is 9.45. The Balaban J connectivity index is 1.70. The lowest BCUT2D eigenvalue weighted by atomic mass is 10.3. The summed E-state index contributed by atoms with van der Waals surface area (Å²) < 4.78 is 1.81. The van der Waals surface area contributed by atoms with E-state index in [1.807, 2.05) is 12.3 Å². The molecule has 0 spiro atoms. The number of aromatic amines is 1. The molecule has 2 aromatic heterocycles. The molecule has 1 atom stereocenters. The van der Waals surface area contributed by atoms with Gasteiger partial charge < -0.3 is 10.6 Å². The lowest BCUT2D eigenvalue weighted by Gasteiger charge is -2.11. The van der Waals surface area contributed by atoms with E-state index in [9.17, 15) is 0 Å². The molecule has 0 amide bonds. The fraction of sp³-hybridized carbons (Fsp3) is 0.500. The normalized spacial score (nSPS) is 20.1. The molecule has 1 saturated heterocycles. The van der Waals surface area contributed by atoms with Crippen molar-refractivity contribution in [3.63, 3.8) is 0 Å². The standard InChI is InChI=1S/C10H15N7/c11-8-2-5-16(6-8)10-13-9(14-15-10)7-17-4-1-3-12-17/h1,3-4,8H,2,5-7,11H2,(H,13,14,15). The van der Waals surface area contributed by atoms with Crippen LogP contribution in [0.3, 0.4) is 0 Å². The van der Waals surface area contributed by atoms with Crippen LogP contribution in [0.2, 0.25) is 0 Å². The third-order valence-corrected chi connectivity index (χ3v) is 2.90. The minimum absolute atomic E-state index is 0.239. The lowest BCUT2D eigenvalue weighted by molar-refractivity contribution is 0.657. The number of nitrogens with two attached hydrogens (primary N) is 1. The summed E-state index contributed by atoms with van der Waals surface area (Å²) in [4.78, 5) is 6.55. The van der Waals surface area contributed by atoms with Crippen LogP contribution in [0.1, 0.15) is 12.2 Å². The van der Waals surface area contributed by atoms with E-state index in [4.69, 9.17) is 5.73 Å². The van der Waals surface area contributed by atoms with E-state index in [1.165, 1.54) is 0 Å². The van der Waals surface area contributed by atoms with Gasteiger partial charge in [0, 0.05) is 31.5 Å². The Bertz CT molecular complexity index is 475. The van der Waals surface area contributed by atoms with Crippen molar-refractivity contribution in [2.24, 2.45) is 5.73 Å². The quantitative estimate of drug-likeness (QED) is 0.752. The second-order valence-electron chi connectivity index (χ2n) is 4.28. The average molecular weight is 233 g/mol. The fourth-order valence-corrected chi connectivity index (χ4v) is 2.01. The van der Waals surface area contributed by atoms with Gasteiger partial charge in [-0.15, -0.1) is 5.10 Å². The Morgan fingerprint density at radius 2 is 2.47 bits per heavy atom. The van der Waals surface area contributed by atoms with Crippen LogP contribution in [0.15, 0.2) is 18.5 Å². The van der Waals surface area contributed by atoms with Gasteiger partial charge in [-0.25, -0.2) is 0 Å². The van der Waals surface area contributed by atoms with Gasteiger partial charge >= 0.3 is 0 Å². The van der Waals surface area contributed by atoms with Gasteiger partial charge in [0.05, 0.1) is 0 Å². The summed E-state index contributed by atoms with van der Waals surface area (Å²) in [5.41, 5.74) is 5.86. The highest BCUT2D eigenvalue weighted by Gasteiger charge is 2.22. The minimum Gasteiger partial charge on any atom is -0.338 e. The molecule has 1 aliphatic heterocycles. The Labute approximate surface area is 98.6 Å². The summed E-state index contributed by atoms with van der Waals surface area (Å²) in [6.45, 7) is 2.37. The topological polar surface area (TPSA) is 88.6 Å². The van der Waals surface area contributed by atoms with E-state index < -0.39 is 0 Å². The van der Waals surface area contributed by atoms with Crippen LogP contribution in [-0.2, 0) is 6.54 Å². The van der Waals surface area contributed by atoms with Crippen molar-refractivity contribution in [2.45, 2.75) is 19.0 Å².